The number of rotatable bonds is 8. The van der Waals surface area contributed by atoms with Crippen molar-refractivity contribution in [1.29, 1.82) is 0 Å². The van der Waals surface area contributed by atoms with Gasteiger partial charge >= 0.3 is 0 Å². The van der Waals surface area contributed by atoms with Gasteiger partial charge in [-0.25, -0.2) is 4.68 Å². The lowest BCUT2D eigenvalue weighted by molar-refractivity contribution is -0.00000819. The van der Waals surface area contributed by atoms with Crippen LogP contribution in [0.3, 0.4) is 0 Å². The van der Waals surface area contributed by atoms with Crippen molar-refractivity contribution in [3.63, 3.8) is 0 Å². The second-order valence-electron chi connectivity index (χ2n) is 8.75. The number of halogens is 1. The van der Waals surface area contributed by atoms with Crippen LogP contribution in [-0.4, -0.2) is 64.0 Å². The zero-order valence-electron chi connectivity index (χ0n) is 19.1. The molecule has 8 heteroatoms. The fraction of sp³-hybridized carbons (Fsp3) is 0.696. The van der Waals surface area contributed by atoms with Crippen LogP contribution >= 0.6 is 0 Å². The van der Waals surface area contributed by atoms with Crippen molar-refractivity contribution in [2.24, 2.45) is 0 Å². The smallest absolute Gasteiger partial charge is 0.168 e. The molecule has 2 aliphatic rings. The molecule has 4 rings (SSSR count). The molecule has 2 atom stereocenters. The molecule has 7 nitrogen and oxygen atoms in total. The lowest BCUT2D eigenvalue weighted by atomic mass is 10.0. The monoisotopic (exact) mass is 447 g/mol. The summed E-state index contributed by atoms with van der Waals surface area (Å²) in [5, 5.41) is 12.8. The largest absolute Gasteiger partial charge is 1.00 e. The summed E-state index contributed by atoms with van der Waals surface area (Å²) in [6, 6.07) is 6.91. The topological polar surface area (TPSA) is 59.3 Å². The Hall–Kier alpha value is -1.70. The number of unbranched alkanes of at least 4 members (excludes halogenated alkanes) is 1. The van der Waals surface area contributed by atoms with Crippen LogP contribution in [0.4, 0.5) is 5.69 Å². The highest BCUT2D eigenvalue weighted by atomic mass is 35.5. The van der Waals surface area contributed by atoms with Crippen molar-refractivity contribution in [3.8, 4) is 0 Å². The molecule has 0 bridgehead atoms. The summed E-state index contributed by atoms with van der Waals surface area (Å²) >= 11 is 0. The zero-order chi connectivity index (χ0) is 20.9. The Morgan fingerprint density at radius 2 is 1.97 bits per heavy atom. The summed E-state index contributed by atoms with van der Waals surface area (Å²) in [6.07, 6.45) is 5.97. The Morgan fingerprint density at radius 3 is 2.68 bits per heavy atom. The third-order valence-electron chi connectivity index (χ3n) is 6.76. The Kier molecular flexibility index (Phi) is 8.69. The number of nitrogens with zero attached hydrogens (tertiary/aromatic N) is 6. The highest BCUT2D eigenvalue weighted by Gasteiger charge is 2.30. The van der Waals surface area contributed by atoms with E-state index in [1.807, 2.05) is 4.68 Å². The molecule has 2 aliphatic heterocycles. The molecule has 0 saturated carbocycles. The van der Waals surface area contributed by atoms with E-state index in [1.165, 1.54) is 29.7 Å². The number of ether oxygens (including phenoxy) is 1. The molecule has 2 saturated heterocycles. The van der Waals surface area contributed by atoms with Gasteiger partial charge in [0.2, 0.25) is 0 Å². The molecule has 0 radical (unpaired) electrons. The van der Waals surface area contributed by atoms with Gasteiger partial charge in [0.25, 0.3) is 0 Å². The highest BCUT2D eigenvalue weighted by Crippen LogP contribution is 2.29. The van der Waals surface area contributed by atoms with Crippen LogP contribution in [0.1, 0.15) is 62.0 Å². The van der Waals surface area contributed by atoms with Crippen molar-refractivity contribution in [1.82, 2.24) is 25.1 Å². The van der Waals surface area contributed by atoms with E-state index in [9.17, 15) is 0 Å². The van der Waals surface area contributed by atoms with Gasteiger partial charge in [0.05, 0.1) is 18.7 Å². The number of aromatic nitrogens is 4. The van der Waals surface area contributed by atoms with E-state index < -0.39 is 0 Å². The normalized spacial score (nSPS) is 20.6. The van der Waals surface area contributed by atoms with E-state index in [2.05, 4.69) is 64.3 Å². The molecule has 1 aromatic heterocycles. The molecule has 2 fully saturated rings. The number of tetrazole rings is 1. The fourth-order valence-corrected chi connectivity index (χ4v) is 4.79. The van der Waals surface area contributed by atoms with Crippen LogP contribution in [0.5, 0.6) is 0 Å². The molecule has 0 N–H and O–H groups in total. The molecule has 2 unspecified atom stereocenters. The van der Waals surface area contributed by atoms with Gasteiger partial charge in [0.15, 0.2) is 5.82 Å². The quantitative estimate of drug-likeness (QED) is 0.588. The van der Waals surface area contributed by atoms with Crippen molar-refractivity contribution in [3.05, 3.63) is 35.2 Å². The van der Waals surface area contributed by atoms with Crippen molar-refractivity contribution < 1.29 is 17.1 Å². The van der Waals surface area contributed by atoms with Crippen molar-refractivity contribution in [2.75, 3.05) is 37.7 Å². The van der Waals surface area contributed by atoms with Crippen LogP contribution in [0.2, 0.25) is 0 Å². The Balaban J connectivity index is 0.00000272. The molecule has 172 valence electrons. The Bertz CT molecular complexity index is 814. The summed E-state index contributed by atoms with van der Waals surface area (Å²) < 4.78 is 7.84. The number of piperazine rings is 1. The van der Waals surface area contributed by atoms with Crippen LogP contribution in [0, 0.1) is 13.8 Å². The fourth-order valence-electron chi connectivity index (χ4n) is 4.79. The van der Waals surface area contributed by atoms with Crippen molar-refractivity contribution in [2.45, 2.75) is 71.6 Å². The summed E-state index contributed by atoms with van der Waals surface area (Å²) in [6.45, 7) is 12.5. The first-order chi connectivity index (χ1) is 14.7. The van der Waals surface area contributed by atoms with E-state index in [1.54, 1.807) is 0 Å². The van der Waals surface area contributed by atoms with E-state index in [0.717, 1.165) is 64.4 Å². The summed E-state index contributed by atoms with van der Waals surface area (Å²) in [5.74, 6) is 1.01. The minimum Gasteiger partial charge on any atom is -1.00 e. The van der Waals surface area contributed by atoms with Gasteiger partial charge in [-0.15, -0.1) is 5.10 Å². The second-order valence-corrected chi connectivity index (χ2v) is 8.75. The van der Waals surface area contributed by atoms with Gasteiger partial charge in [-0.2, -0.15) is 0 Å². The average Bonchev–Trinajstić information content (AvgIpc) is 3.44. The van der Waals surface area contributed by atoms with E-state index in [-0.39, 0.29) is 24.6 Å². The van der Waals surface area contributed by atoms with E-state index >= 15 is 0 Å². The van der Waals surface area contributed by atoms with Crippen LogP contribution < -0.4 is 17.3 Å². The van der Waals surface area contributed by atoms with Gasteiger partial charge in [0, 0.05) is 38.5 Å². The van der Waals surface area contributed by atoms with E-state index in [0.29, 0.717) is 0 Å². The molecule has 0 aliphatic carbocycles. The summed E-state index contributed by atoms with van der Waals surface area (Å²) in [5.41, 5.74) is 4.14. The standard InChI is InChI=1S/C23H36N6O.ClH/c1-4-5-10-22(23-24-25-26-29(23)17-20-9-7-16-30-20)28-14-12-27(13-15-28)21-11-6-8-18(2)19(21)3;/h6,8,11,20,22H,4-5,7,9-10,12-17H2,1-3H3;1H/p-1. The number of aryl methyl sites for hydroxylation is 1. The molecule has 0 amide bonds. The number of hydrogen-bond donors (Lipinski definition) is 0. The van der Waals surface area contributed by atoms with Gasteiger partial charge in [0.1, 0.15) is 0 Å². The number of hydrogen-bond acceptors (Lipinski definition) is 6. The van der Waals surface area contributed by atoms with Crippen LogP contribution in [0.25, 0.3) is 0 Å². The van der Waals surface area contributed by atoms with Gasteiger partial charge in [-0.1, -0.05) is 31.9 Å². The minimum atomic E-state index is 0. The first-order valence-electron chi connectivity index (χ1n) is 11.6. The maximum Gasteiger partial charge on any atom is 0.168 e. The average molecular weight is 448 g/mol. The van der Waals surface area contributed by atoms with Crippen LogP contribution in [-0.2, 0) is 11.3 Å². The molecule has 0 spiro atoms. The van der Waals surface area contributed by atoms with Crippen LogP contribution in [0.15, 0.2) is 18.2 Å². The number of anilines is 1. The van der Waals surface area contributed by atoms with E-state index in [4.69, 9.17) is 4.74 Å². The molecular weight excluding hydrogens is 412 g/mol. The van der Waals surface area contributed by atoms with Gasteiger partial charge in [-0.3, -0.25) is 4.90 Å². The molecule has 31 heavy (non-hydrogen) atoms. The predicted octanol–water partition coefficient (Wildman–Crippen LogP) is 0.526. The lowest BCUT2D eigenvalue weighted by Crippen LogP contribution is -3.00. The molecule has 2 aromatic rings. The molecule has 3 heterocycles. The second kappa shape index (κ2) is 11.2. The third kappa shape index (κ3) is 5.57. The predicted molar refractivity (Wildman–Crippen MR) is 119 cm³/mol. The zero-order valence-corrected chi connectivity index (χ0v) is 19.9. The van der Waals surface area contributed by atoms with Gasteiger partial charge < -0.3 is 22.0 Å². The molecular formula is C23H36ClN6O-. The highest BCUT2D eigenvalue weighted by molar-refractivity contribution is 5.56. The van der Waals surface area contributed by atoms with Gasteiger partial charge in [-0.05, 0) is 60.7 Å². The SMILES string of the molecule is CCCCC(c1nnnn1CC1CCCO1)N1CCN(c2cccc(C)c2C)CC1.[Cl-]. The summed E-state index contributed by atoms with van der Waals surface area (Å²) in [4.78, 5) is 5.13. The Morgan fingerprint density at radius 1 is 1.16 bits per heavy atom. The lowest BCUT2D eigenvalue weighted by Gasteiger charge is -2.40. The Labute approximate surface area is 192 Å². The van der Waals surface area contributed by atoms with Crippen molar-refractivity contribution >= 4 is 5.69 Å². The minimum absolute atomic E-state index is 0. The third-order valence-corrected chi connectivity index (χ3v) is 6.76. The first kappa shape index (κ1) is 24.0. The maximum absolute atomic E-state index is 5.83. The molecule has 1 aromatic carbocycles. The number of benzene rings is 1. The maximum atomic E-state index is 5.83. The first-order valence-corrected chi connectivity index (χ1v) is 11.6. The summed E-state index contributed by atoms with van der Waals surface area (Å²) in [7, 11) is 0.